The molecular weight excluding hydrogens is 390 g/mol. The second kappa shape index (κ2) is 9.18. The number of nitriles is 1. The minimum atomic E-state index is -0.298. The Balaban J connectivity index is 1.64. The van der Waals surface area contributed by atoms with Crippen LogP contribution in [0.15, 0.2) is 24.3 Å². The van der Waals surface area contributed by atoms with E-state index in [0.29, 0.717) is 23.7 Å². The first kappa shape index (κ1) is 20.3. The summed E-state index contributed by atoms with van der Waals surface area (Å²) in [7, 11) is 0. The van der Waals surface area contributed by atoms with E-state index in [-0.39, 0.29) is 11.0 Å². The fourth-order valence-electron chi connectivity index (χ4n) is 3.19. The number of thiocarbonyl (C=S) groups is 1. The number of anilines is 1. The van der Waals surface area contributed by atoms with Crippen molar-refractivity contribution in [1.82, 2.24) is 5.32 Å². The Morgan fingerprint density at radius 1 is 1.39 bits per heavy atom. The van der Waals surface area contributed by atoms with Gasteiger partial charge in [0.05, 0.1) is 12.2 Å². The first-order valence-corrected chi connectivity index (χ1v) is 10.6. The van der Waals surface area contributed by atoms with E-state index < -0.39 is 0 Å². The van der Waals surface area contributed by atoms with E-state index in [4.69, 9.17) is 17.0 Å². The molecule has 1 aliphatic rings. The average Bonchev–Trinajstić information content (AvgIpc) is 3.02. The highest BCUT2D eigenvalue weighted by molar-refractivity contribution is 7.80. The summed E-state index contributed by atoms with van der Waals surface area (Å²) in [4.78, 5) is 13.7. The number of carbonyl (C=O) groups excluding carboxylic acids is 1. The molecule has 0 unspecified atom stereocenters. The zero-order chi connectivity index (χ0) is 20.1. The maximum Gasteiger partial charge on any atom is 0.257 e. The molecule has 0 bridgehead atoms. The van der Waals surface area contributed by atoms with E-state index in [1.807, 2.05) is 6.92 Å². The van der Waals surface area contributed by atoms with Crippen LogP contribution in [0, 0.1) is 17.2 Å². The number of ether oxygens (including phenoxy) is 1. The van der Waals surface area contributed by atoms with Crippen molar-refractivity contribution < 1.29 is 9.53 Å². The number of thiophene rings is 1. The Kier molecular flexibility index (Phi) is 6.65. The molecule has 1 atom stereocenters. The maximum absolute atomic E-state index is 12.4. The van der Waals surface area contributed by atoms with Crippen LogP contribution in [0.25, 0.3) is 0 Å². The van der Waals surface area contributed by atoms with E-state index in [1.165, 1.54) is 4.88 Å². The summed E-state index contributed by atoms with van der Waals surface area (Å²) in [6.45, 7) is 4.91. The minimum Gasteiger partial charge on any atom is -0.494 e. The standard InChI is InChI=1S/C21H23N3O2S2/c1-3-10-26-15-7-5-14(6-8-15)19(25)23-21(27)24-20-17(12-22)16-9-4-13(2)11-18(16)28-20/h5-8,13H,3-4,9-11H2,1-2H3,(H2,23,24,25,27)/t13-/m1/s1. The van der Waals surface area contributed by atoms with Gasteiger partial charge in [0.15, 0.2) is 5.11 Å². The van der Waals surface area contributed by atoms with E-state index in [2.05, 4.69) is 23.6 Å². The number of fused-ring (bicyclic) bond motifs is 1. The number of carbonyl (C=O) groups is 1. The monoisotopic (exact) mass is 413 g/mol. The average molecular weight is 414 g/mol. The predicted octanol–water partition coefficient (Wildman–Crippen LogP) is 4.66. The van der Waals surface area contributed by atoms with Gasteiger partial charge < -0.3 is 10.1 Å². The number of nitrogens with zero attached hydrogens (tertiary/aromatic N) is 1. The SMILES string of the molecule is CCCOc1ccc(C(=O)NC(=S)Nc2sc3c(c2C#N)CC[C@@H](C)C3)cc1. The molecule has 7 heteroatoms. The van der Waals surface area contributed by atoms with Crippen molar-refractivity contribution >= 4 is 39.6 Å². The number of hydrogen-bond acceptors (Lipinski definition) is 5. The summed E-state index contributed by atoms with van der Waals surface area (Å²) in [5.74, 6) is 1.06. The summed E-state index contributed by atoms with van der Waals surface area (Å²) >= 11 is 6.86. The number of nitrogens with one attached hydrogen (secondary N) is 2. The smallest absolute Gasteiger partial charge is 0.257 e. The van der Waals surface area contributed by atoms with E-state index >= 15 is 0 Å². The molecule has 3 rings (SSSR count). The Morgan fingerprint density at radius 2 is 2.14 bits per heavy atom. The number of hydrogen-bond donors (Lipinski definition) is 2. The van der Waals surface area contributed by atoms with Crippen LogP contribution in [-0.4, -0.2) is 17.6 Å². The lowest BCUT2D eigenvalue weighted by Gasteiger charge is -2.17. The molecule has 0 aliphatic heterocycles. The zero-order valence-corrected chi connectivity index (χ0v) is 17.6. The lowest BCUT2D eigenvalue weighted by Crippen LogP contribution is -2.34. The zero-order valence-electron chi connectivity index (χ0n) is 16.0. The van der Waals surface area contributed by atoms with E-state index in [1.54, 1.807) is 35.6 Å². The van der Waals surface area contributed by atoms with Crippen LogP contribution in [0.4, 0.5) is 5.00 Å². The summed E-state index contributed by atoms with van der Waals surface area (Å²) in [5, 5.41) is 16.2. The van der Waals surface area contributed by atoms with Crippen LogP contribution >= 0.6 is 23.6 Å². The second-order valence-electron chi connectivity index (χ2n) is 6.95. The molecular formula is C21H23N3O2S2. The Labute approximate surface area is 174 Å². The van der Waals surface area contributed by atoms with Crippen LogP contribution in [-0.2, 0) is 12.8 Å². The third-order valence-electron chi connectivity index (χ3n) is 4.67. The largest absolute Gasteiger partial charge is 0.494 e. The normalized spacial score (nSPS) is 15.2. The lowest BCUT2D eigenvalue weighted by atomic mass is 9.89. The van der Waals surface area contributed by atoms with Crippen LogP contribution in [0.3, 0.4) is 0 Å². The molecule has 2 N–H and O–H groups in total. The minimum absolute atomic E-state index is 0.194. The summed E-state index contributed by atoms with van der Waals surface area (Å²) in [5.41, 5.74) is 2.28. The van der Waals surface area contributed by atoms with Crippen LogP contribution in [0.1, 0.15) is 53.1 Å². The van der Waals surface area contributed by atoms with Crippen LogP contribution in [0.2, 0.25) is 0 Å². The molecule has 1 aliphatic carbocycles. The first-order chi connectivity index (χ1) is 13.5. The highest BCUT2D eigenvalue weighted by atomic mass is 32.1. The van der Waals surface area contributed by atoms with Gasteiger partial charge in [-0.25, -0.2) is 0 Å². The fourth-order valence-corrected chi connectivity index (χ4v) is 4.81. The van der Waals surface area contributed by atoms with Crippen molar-refractivity contribution in [2.75, 3.05) is 11.9 Å². The van der Waals surface area contributed by atoms with Gasteiger partial charge in [-0.05, 0) is 73.6 Å². The Morgan fingerprint density at radius 3 is 2.82 bits per heavy atom. The molecule has 5 nitrogen and oxygen atoms in total. The van der Waals surface area contributed by atoms with Crippen molar-refractivity contribution in [2.45, 2.75) is 39.5 Å². The van der Waals surface area contributed by atoms with Crippen molar-refractivity contribution in [3.63, 3.8) is 0 Å². The maximum atomic E-state index is 12.4. The van der Waals surface area contributed by atoms with E-state index in [0.717, 1.165) is 42.0 Å². The van der Waals surface area contributed by atoms with Crippen LogP contribution < -0.4 is 15.4 Å². The third kappa shape index (κ3) is 4.70. The molecule has 146 valence electrons. The summed E-state index contributed by atoms with van der Waals surface area (Å²) < 4.78 is 5.52. The van der Waals surface area contributed by atoms with Gasteiger partial charge in [0.1, 0.15) is 16.8 Å². The fraction of sp³-hybridized carbons (Fsp3) is 0.381. The van der Waals surface area contributed by atoms with Gasteiger partial charge >= 0.3 is 0 Å². The lowest BCUT2D eigenvalue weighted by molar-refractivity contribution is 0.0977. The molecule has 1 aromatic carbocycles. The highest BCUT2D eigenvalue weighted by Crippen LogP contribution is 2.39. The summed E-state index contributed by atoms with van der Waals surface area (Å²) in [6, 6.07) is 9.23. The highest BCUT2D eigenvalue weighted by Gasteiger charge is 2.24. The van der Waals surface area contributed by atoms with Crippen molar-refractivity contribution in [2.24, 2.45) is 5.92 Å². The second-order valence-corrected chi connectivity index (χ2v) is 8.46. The summed E-state index contributed by atoms with van der Waals surface area (Å²) in [6.07, 6.45) is 3.93. The first-order valence-electron chi connectivity index (χ1n) is 9.41. The van der Waals surface area contributed by atoms with Gasteiger partial charge in [-0.15, -0.1) is 11.3 Å². The predicted molar refractivity (Wildman–Crippen MR) is 116 cm³/mol. The molecule has 0 saturated heterocycles. The number of benzene rings is 1. The quantitative estimate of drug-likeness (QED) is 0.698. The van der Waals surface area contributed by atoms with Gasteiger partial charge in [0.25, 0.3) is 5.91 Å². The van der Waals surface area contributed by atoms with Gasteiger partial charge in [-0.2, -0.15) is 5.26 Å². The molecule has 1 aromatic heterocycles. The Bertz CT molecular complexity index is 913. The molecule has 1 amide bonds. The van der Waals surface area contributed by atoms with E-state index in [9.17, 15) is 10.1 Å². The van der Waals surface area contributed by atoms with Crippen molar-refractivity contribution in [3.05, 3.63) is 45.8 Å². The Hall–Kier alpha value is -2.43. The van der Waals surface area contributed by atoms with Gasteiger partial charge in [0.2, 0.25) is 0 Å². The molecule has 0 radical (unpaired) electrons. The van der Waals surface area contributed by atoms with Gasteiger partial charge in [-0.3, -0.25) is 10.1 Å². The van der Waals surface area contributed by atoms with Gasteiger partial charge in [0, 0.05) is 10.4 Å². The molecule has 0 spiro atoms. The molecule has 28 heavy (non-hydrogen) atoms. The number of rotatable bonds is 5. The topological polar surface area (TPSA) is 74.2 Å². The third-order valence-corrected chi connectivity index (χ3v) is 6.04. The molecule has 0 saturated carbocycles. The molecule has 0 fully saturated rings. The molecule has 2 aromatic rings. The van der Waals surface area contributed by atoms with Crippen LogP contribution in [0.5, 0.6) is 5.75 Å². The van der Waals surface area contributed by atoms with Crippen molar-refractivity contribution in [3.8, 4) is 11.8 Å². The van der Waals surface area contributed by atoms with Gasteiger partial charge in [-0.1, -0.05) is 13.8 Å². The van der Waals surface area contributed by atoms with Crippen molar-refractivity contribution in [1.29, 1.82) is 5.26 Å². The number of amides is 1. The molecule has 1 heterocycles.